The summed E-state index contributed by atoms with van der Waals surface area (Å²) in [6.45, 7) is 0. The molecule has 0 aliphatic carbocycles. The summed E-state index contributed by atoms with van der Waals surface area (Å²) >= 11 is 0. The fourth-order valence-electron chi connectivity index (χ4n) is 1.73. The molecule has 20 heavy (non-hydrogen) atoms. The van der Waals surface area contributed by atoms with Crippen molar-refractivity contribution >= 4 is 28.7 Å². The van der Waals surface area contributed by atoms with Gasteiger partial charge >= 0.3 is 0 Å². The first-order valence-electron chi connectivity index (χ1n) is 5.68. The molecule has 2 aromatic rings. The molecule has 7 heteroatoms. The molecule has 5 N–H and O–H groups in total. The summed E-state index contributed by atoms with van der Waals surface area (Å²) in [7, 11) is 0. The molecule has 0 unspecified atom stereocenters. The smallest absolute Gasteiger partial charge is 0.270 e. The topological polar surface area (TPSA) is 124 Å². The molecule has 2 rings (SSSR count). The van der Waals surface area contributed by atoms with E-state index in [0.29, 0.717) is 17.1 Å². The number of nitro groups is 1. The highest BCUT2D eigenvalue weighted by Crippen LogP contribution is 2.25. The first-order valence-corrected chi connectivity index (χ1v) is 5.68. The van der Waals surface area contributed by atoms with Crippen molar-refractivity contribution in [2.24, 2.45) is 5.73 Å². The van der Waals surface area contributed by atoms with Gasteiger partial charge in [0, 0.05) is 23.5 Å². The van der Waals surface area contributed by atoms with Gasteiger partial charge < -0.3 is 16.8 Å². The van der Waals surface area contributed by atoms with Crippen LogP contribution in [0.4, 0.5) is 22.7 Å². The molecule has 0 atom stereocenters. The van der Waals surface area contributed by atoms with Gasteiger partial charge in [0.1, 0.15) is 0 Å². The third-order valence-corrected chi connectivity index (χ3v) is 2.65. The van der Waals surface area contributed by atoms with Crippen molar-refractivity contribution in [3.63, 3.8) is 0 Å². The van der Waals surface area contributed by atoms with Crippen LogP contribution in [0.25, 0.3) is 0 Å². The van der Waals surface area contributed by atoms with Gasteiger partial charge in [-0.05, 0) is 24.3 Å². The predicted octanol–water partition coefficient (Wildman–Crippen LogP) is 2.02. The number of carbonyl (C=O) groups is 1. The molecule has 0 fully saturated rings. The summed E-state index contributed by atoms with van der Waals surface area (Å²) in [5, 5.41) is 13.7. The third-order valence-electron chi connectivity index (χ3n) is 2.65. The highest BCUT2D eigenvalue weighted by molar-refractivity contribution is 6.00. The zero-order valence-corrected chi connectivity index (χ0v) is 10.4. The molecule has 0 heterocycles. The minimum Gasteiger partial charge on any atom is -0.399 e. The molecule has 0 aliphatic heterocycles. The predicted molar refractivity (Wildman–Crippen MR) is 75.8 cm³/mol. The number of carbonyl (C=O) groups excluding carboxylic acids is 1. The van der Waals surface area contributed by atoms with Crippen molar-refractivity contribution in [2.45, 2.75) is 0 Å². The lowest BCUT2D eigenvalue weighted by atomic mass is 10.1. The fourth-order valence-corrected chi connectivity index (χ4v) is 1.73. The normalized spacial score (nSPS) is 10.0. The van der Waals surface area contributed by atoms with E-state index < -0.39 is 10.8 Å². The van der Waals surface area contributed by atoms with Crippen molar-refractivity contribution in [3.8, 4) is 0 Å². The van der Waals surface area contributed by atoms with E-state index in [9.17, 15) is 14.9 Å². The van der Waals surface area contributed by atoms with Crippen LogP contribution in [0.1, 0.15) is 10.4 Å². The SMILES string of the molecule is NC(=O)c1cc([N+](=O)[O-])ccc1Nc1cccc(N)c1. The van der Waals surface area contributed by atoms with E-state index >= 15 is 0 Å². The zero-order chi connectivity index (χ0) is 14.7. The van der Waals surface area contributed by atoms with Gasteiger partial charge in [-0.25, -0.2) is 0 Å². The first kappa shape index (κ1) is 13.3. The average Bonchev–Trinajstić information content (AvgIpc) is 2.38. The molecule has 0 aliphatic rings. The van der Waals surface area contributed by atoms with Gasteiger partial charge in [-0.2, -0.15) is 0 Å². The second kappa shape index (κ2) is 5.27. The number of benzene rings is 2. The lowest BCUT2D eigenvalue weighted by Gasteiger charge is -2.10. The van der Waals surface area contributed by atoms with Gasteiger partial charge in [0.05, 0.1) is 16.2 Å². The molecule has 0 saturated carbocycles. The number of nitro benzene ring substituents is 1. The molecule has 0 bridgehead atoms. The number of non-ortho nitro benzene ring substituents is 1. The van der Waals surface area contributed by atoms with E-state index in [1.165, 1.54) is 12.1 Å². The van der Waals surface area contributed by atoms with Crippen molar-refractivity contribution in [1.29, 1.82) is 0 Å². The monoisotopic (exact) mass is 272 g/mol. The molecule has 102 valence electrons. The minimum atomic E-state index is -0.750. The summed E-state index contributed by atoms with van der Waals surface area (Å²) in [6.07, 6.45) is 0. The number of rotatable bonds is 4. The largest absolute Gasteiger partial charge is 0.399 e. The minimum absolute atomic E-state index is 0.0432. The van der Waals surface area contributed by atoms with E-state index in [4.69, 9.17) is 11.5 Å². The van der Waals surface area contributed by atoms with E-state index in [0.717, 1.165) is 6.07 Å². The van der Waals surface area contributed by atoms with E-state index in [2.05, 4.69) is 5.32 Å². The number of anilines is 3. The molecule has 0 aromatic heterocycles. The van der Waals surface area contributed by atoms with Gasteiger partial charge in [0.2, 0.25) is 0 Å². The van der Waals surface area contributed by atoms with Gasteiger partial charge in [-0.3, -0.25) is 14.9 Å². The van der Waals surface area contributed by atoms with Crippen molar-refractivity contribution in [2.75, 3.05) is 11.1 Å². The van der Waals surface area contributed by atoms with Crippen LogP contribution in [0.5, 0.6) is 0 Å². The number of hydrogen-bond acceptors (Lipinski definition) is 5. The van der Waals surface area contributed by atoms with Gasteiger partial charge in [0.25, 0.3) is 11.6 Å². The molecule has 1 amide bonds. The lowest BCUT2D eigenvalue weighted by Crippen LogP contribution is -2.13. The second-order valence-corrected chi connectivity index (χ2v) is 4.10. The Bertz CT molecular complexity index is 685. The number of hydrogen-bond donors (Lipinski definition) is 3. The van der Waals surface area contributed by atoms with Gasteiger partial charge in [-0.1, -0.05) is 6.07 Å². The number of nitrogens with zero attached hydrogens (tertiary/aromatic N) is 1. The van der Waals surface area contributed by atoms with Crippen molar-refractivity contribution in [3.05, 3.63) is 58.1 Å². The van der Waals surface area contributed by atoms with Gasteiger partial charge in [0.15, 0.2) is 0 Å². The van der Waals surface area contributed by atoms with Crippen LogP contribution in [0, 0.1) is 10.1 Å². The van der Waals surface area contributed by atoms with E-state index in [1.807, 2.05) is 0 Å². The Hall–Kier alpha value is -3.09. The number of amides is 1. The van der Waals surface area contributed by atoms with Crippen molar-refractivity contribution < 1.29 is 9.72 Å². The fraction of sp³-hybridized carbons (Fsp3) is 0. The molecule has 7 nitrogen and oxygen atoms in total. The lowest BCUT2D eigenvalue weighted by molar-refractivity contribution is -0.384. The maximum Gasteiger partial charge on any atom is 0.270 e. The molecular weight excluding hydrogens is 260 g/mol. The van der Waals surface area contributed by atoms with Crippen LogP contribution in [-0.4, -0.2) is 10.8 Å². The summed E-state index contributed by atoms with van der Waals surface area (Å²) in [5.74, 6) is -0.750. The second-order valence-electron chi connectivity index (χ2n) is 4.10. The Balaban J connectivity index is 2.41. The maximum atomic E-state index is 11.4. The molecule has 0 radical (unpaired) electrons. The highest BCUT2D eigenvalue weighted by Gasteiger charge is 2.14. The number of nitrogens with one attached hydrogen (secondary N) is 1. The van der Waals surface area contributed by atoms with Crippen molar-refractivity contribution in [1.82, 2.24) is 0 Å². The Morgan fingerprint density at radius 3 is 2.55 bits per heavy atom. The summed E-state index contributed by atoms with van der Waals surface area (Å²) in [4.78, 5) is 21.5. The van der Waals surface area contributed by atoms with E-state index in [-0.39, 0.29) is 11.3 Å². The van der Waals surface area contributed by atoms with E-state index in [1.54, 1.807) is 24.3 Å². The molecular formula is C13H12N4O3. The Kier molecular flexibility index (Phi) is 3.52. The van der Waals surface area contributed by atoms with Crippen LogP contribution in [-0.2, 0) is 0 Å². The molecule has 0 spiro atoms. The quantitative estimate of drug-likeness (QED) is 0.446. The Labute approximate surface area is 114 Å². The zero-order valence-electron chi connectivity index (χ0n) is 10.4. The number of nitrogen functional groups attached to an aromatic ring is 1. The summed E-state index contributed by atoms with van der Waals surface area (Å²) < 4.78 is 0. The Morgan fingerprint density at radius 2 is 1.95 bits per heavy atom. The van der Waals surface area contributed by atoms with Gasteiger partial charge in [-0.15, -0.1) is 0 Å². The molecule has 0 saturated heterocycles. The summed E-state index contributed by atoms with van der Waals surface area (Å²) in [6, 6.07) is 10.7. The number of nitrogens with two attached hydrogens (primary N) is 2. The van der Waals surface area contributed by atoms with Crippen LogP contribution >= 0.6 is 0 Å². The van der Waals surface area contributed by atoms with Crippen LogP contribution in [0.15, 0.2) is 42.5 Å². The van der Waals surface area contributed by atoms with Crippen LogP contribution in [0.2, 0.25) is 0 Å². The standard InChI is InChI=1S/C13H12N4O3/c14-8-2-1-3-9(6-8)16-12-5-4-10(17(19)20)7-11(12)13(15)18/h1-7,16H,14H2,(H2,15,18). The maximum absolute atomic E-state index is 11.4. The average molecular weight is 272 g/mol. The van der Waals surface area contributed by atoms with Crippen LogP contribution < -0.4 is 16.8 Å². The highest BCUT2D eigenvalue weighted by atomic mass is 16.6. The molecule has 2 aromatic carbocycles. The Morgan fingerprint density at radius 1 is 1.20 bits per heavy atom. The summed E-state index contributed by atoms with van der Waals surface area (Å²) in [5.41, 5.74) is 12.3. The third kappa shape index (κ3) is 2.83. The van der Waals surface area contributed by atoms with Crippen LogP contribution in [0.3, 0.4) is 0 Å². The first-order chi connectivity index (χ1) is 9.47. The number of primary amides is 1.